The van der Waals surface area contributed by atoms with Gasteiger partial charge in [-0.15, -0.1) is 0 Å². The number of hydrogen-bond donors (Lipinski definition) is 3. The number of benzene rings is 1. The lowest BCUT2D eigenvalue weighted by molar-refractivity contribution is -0.124. The molecule has 22 heavy (non-hydrogen) atoms. The number of carbonyl (C=O) groups excluding carboxylic acids is 2. The Hall–Kier alpha value is -1.88. The number of rotatable bonds is 6. The highest BCUT2D eigenvalue weighted by Gasteiger charge is 2.21. The summed E-state index contributed by atoms with van der Waals surface area (Å²) in [5.74, 6) is 0.531. The topological polar surface area (TPSA) is 70.2 Å². The van der Waals surface area contributed by atoms with Gasteiger partial charge in [0.2, 0.25) is 11.8 Å². The molecule has 1 aromatic carbocycles. The molecule has 5 heteroatoms. The molecule has 120 valence electrons. The molecule has 1 aliphatic heterocycles. The Balaban J connectivity index is 1.85. The molecule has 0 bridgehead atoms. The Labute approximate surface area is 131 Å². The Bertz CT molecular complexity index is 522. The van der Waals surface area contributed by atoms with E-state index >= 15 is 0 Å². The lowest BCUT2D eigenvalue weighted by Crippen LogP contribution is -2.31. The van der Waals surface area contributed by atoms with Gasteiger partial charge in [0.15, 0.2) is 0 Å². The van der Waals surface area contributed by atoms with Gasteiger partial charge in [-0.25, -0.2) is 0 Å². The maximum absolute atomic E-state index is 12.0. The smallest absolute Gasteiger partial charge is 0.224 e. The Morgan fingerprint density at radius 1 is 1.36 bits per heavy atom. The van der Waals surface area contributed by atoms with Crippen molar-refractivity contribution in [1.82, 2.24) is 10.6 Å². The van der Waals surface area contributed by atoms with Gasteiger partial charge in [-0.1, -0.05) is 26.0 Å². The highest BCUT2D eigenvalue weighted by atomic mass is 16.2. The van der Waals surface area contributed by atoms with Gasteiger partial charge in [-0.3, -0.25) is 9.59 Å². The minimum atomic E-state index is 0.0215. The summed E-state index contributed by atoms with van der Waals surface area (Å²) in [6, 6.07) is 7.62. The molecule has 1 aliphatic rings. The van der Waals surface area contributed by atoms with Crippen LogP contribution in [0.15, 0.2) is 24.3 Å². The average molecular weight is 303 g/mol. The van der Waals surface area contributed by atoms with Crippen LogP contribution in [0.25, 0.3) is 0 Å². The van der Waals surface area contributed by atoms with Gasteiger partial charge in [0.05, 0.1) is 5.92 Å². The summed E-state index contributed by atoms with van der Waals surface area (Å²) in [4.78, 5) is 23.8. The zero-order chi connectivity index (χ0) is 15.9. The van der Waals surface area contributed by atoms with Gasteiger partial charge in [0, 0.05) is 25.2 Å². The molecule has 0 aromatic heterocycles. The Kier molecular flexibility index (Phi) is 5.95. The van der Waals surface area contributed by atoms with Crippen molar-refractivity contribution in [1.29, 1.82) is 0 Å². The normalized spacial score (nSPS) is 17.5. The highest BCUT2D eigenvalue weighted by Crippen LogP contribution is 2.13. The Morgan fingerprint density at radius 2 is 2.18 bits per heavy atom. The summed E-state index contributed by atoms with van der Waals surface area (Å²) in [5.41, 5.74) is 1.77. The monoisotopic (exact) mass is 303 g/mol. The maximum atomic E-state index is 12.0. The third kappa shape index (κ3) is 5.15. The van der Waals surface area contributed by atoms with Crippen molar-refractivity contribution in [2.24, 2.45) is 11.8 Å². The van der Waals surface area contributed by atoms with Crippen LogP contribution >= 0.6 is 0 Å². The average Bonchev–Trinajstić information content (AvgIpc) is 2.98. The molecule has 1 heterocycles. The van der Waals surface area contributed by atoms with E-state index in [0.29, 0.717) is 18.9 Å². The molecule has 5 nitrogen and oxygen atoms in total. The summed E-state index contributed by atoms with van der Waals surface area (Å²) in [6.45, 7) is 6.20. The van der Waals surface area contributed by atoms with Crippen molar-refractivity contribution < 1.29 is 9.59 Å². The first kappa shape index (κ1) is 16.5. The molecule has 3 N–H and O–H groups in total. The first-order valence-corrected chi connectivity index (χ1v) is 7.92. The van der Waals surface area contributed by atoms with E-state index < -0.39 is 0 Å². The summed E-state index contributed by atoms with van der Waals surface area (Å²) >= 11 is 0. The summed E-state index contributed by atoms with van der Waals surface area (Å²) in [6.07, 6.45) is 1.41. The molecule has 0 aliphatic carbocycles. The molecule has 1 unspecified atom stereocenters. The number of amides is 2. The van der Waals surface area contributed by atoms with Gasteiger partial charge in [-0.2, -0.15) is 0 Å². The molecule has 0 saturated carbocycles. The van der Waals surface area contributed by atoms with Gasteiger partial charge in [-0.05, 0) is 36.6 Å². The summed E-state index contributed by atoms with van der Waals surface area (Å²) < 4.78 is 0. The fourth-order valence-electron chi connectivity index (χ4n) is 2.55. The van der Waals surface area contributed by atoms with Gasteiger partial charge in [0.25, 0.3) is 0 Å². The van der Waals surface area contributed by atoms with Crippen LogP contribution in [0.1, 0.15) is 32.3 Å². The molecule has 1 saturated heterocycles. The highest BCUT2D eigenvalue weighted by molar-refractivity contribution is 5.90. The van der Waals surface area contributed by atoms with Crippen LogP contribution < -0.4 is 16.0 Å². The molecule has 2 amide bonds. The quantitative estimate of drug-likeness (QED) is 0.751. The second kappa shape index (κ2) is 7.94. The minimum Gasteiger partial charge on any atom is -0.352 e. The van der Waals surface area contributed by atoms with Crippen molar-refractivity contribution in [3.63, 3.8) is 0 Å². The predicted octanol–water partition coefficient (Wildman–Crippen LogP) is 1.90. The van der Waals surface area contributed by atoms with E-state index in [1.54, 1.807) is 0 Å². The second-order valence-corrected chi connectivity index (χ2v) is 6.25. The van der Waals surface area contributed by atoms with Crippen LogP contribution in [0.2, 0.25) is 0 Å². The fourth-order valence-corrected chi connectivity index (χ4v) is 2.55. The molecular formula is C17H25N3O2. The van der Waals surface area contributed by atoms with E-state index in [1.807, 2.05) is 38.1 Å². The summed E-state index contributed by atoms with van der Waals surface area (Å²) in [5, 5.41) is 9.05. The molecule has 0 spiro atoms. The van der Waals surface area contributed by atoms with Crippen molar-refractivity contribution in [2.45, 2.75) is 33.2 Å². The third-order valence-electron chi connectivity index (χ3n) is 3.70. The third-order valence-corrected chi connectivity index (χ3v) is 3.70. The number of carbonyl (C=O) groups is 2. The van der Waals surface area contributed by atoms with E-state index in [-0.39, 0.29) is 17.7 Å². The number of nitrogens with one attached hydrogen (secondary N) is 3. The van der Waals surface area contributed by atoms with Crippen LogP contribution in [0.5, 0.6) is 0 Å². The van der Waals surface area contributed by atoms with E-state index in [2.05, 4.69) is 16.0 Å². The van der Waals surface area contributed by atoms with Gasteiger partial charge >= 0.3 is 0 Å². The zero-order valence-electron chi connectivity index (χ0n) is 13.3. The van der Waals surface area contributed by atoms with Gasteiger partial charge < -0.3 is 16.0 Å². The van der Waals surface area contributed by atoms with Gasteiger partial charge in [0.1, 0.15) is 0 Å². The van der Waals surface area contributed by atoms with Crippen LogP contribution in [0.4, 0.5) is 5.69 Å². The van der Waals surface area contributed by atoms with Crippen molar-refractivity contribution in [3.8, 4) is 0 Å². The first-order chi connectivity index (χ1) is 10.5. The van der Waals surface area contributed by atoms with Crippen molar-refractivity contribution >= 4 is 17.5 Å². The van der Waals surface area contributed by atoms with Crippen LogP contribution in [0, 0.1) is 11.8 Å². The van der Waals surface area contributed by atoms with Crippen molar-refractivity contribution in [3.05, 3.63) is 29.8 Å². The number of anilines is 1. The van der Waals surface area contributed by atoms with Crippen LogP contribution in [0.3, 0.4) is 0 Å². The van der Waals surface area contributed by atoms with Crippen LogP contribution in [-0.4, -0.2) is 24.9 Å². The maximum Gasteiger partial charge on any atom is 0.224 e. The van der Waals surface area contributed by atoms with E-state index in [9.17, 15) is 9.59 Å². The SMILES string of the molecule is CC(C)CC(=O)Nc1cccc(CNC(=O)C2CCNC2)c1. The predicted molar refractivity (Wildman–Crippen MR) is 87.4 cm³/mol. The van der Waals surface area contributed by atoms with E-state index in [4.69, 9.17) is 0 Å². The molecule has 2 rings (SSSR count). The molecule has 0 radical (unpaired) electrons. The van der Waals surface area contributed by atoms with E-state index in [0.717, 1.165) is 30.8 Å². The lowest BCUT2D eigenvalue weighted by Gasteiger charge is -2.11. The van der Waals surface area contributed by atoms with E-state index in [1.165, 1.54) is 0 Å². The molecule has 1 atom stereocenters. The fraction of sp³-hybridized carbons (Fsp3) is 0.529. The standard InChI is InChI=1S/C17H25N3O2/c1-12(2)8-16(21)20-15-5-3-4-13(9-15)10-19-17(22)14-6-7-18-11-14/h3-5,9,12,14,18H,6-8,10-11H2,1-2H3,(H,19,22)(H,20,21). The Morgan fingerprint density at radius 3 is 2.86 bits per heavy atom. The molecule has 1 fully saturated rings. The lowest BCUT2D eigenvalue weighted by atomic mass is 10.1. The van der Waals surface area contributed by atoms with Crippen molar-refractivity contribution in [2.75, 3.05) is 18.4 Å². The minimum absolute atomic E-state index is 0.0215. The number of hydrogen-bond acceptors (Lipinski definition) is 3. The molecular weight excluding hydrogens is 278 g/mol. The second-order valence-electron chi connectivity index (χ2n) is 6.25. The van der Waals surface area contributed by atoms with Crippen LogP contribution in [-0.2, 0) is 16.1 Å². The zero-order valence-corrected chi connectivity index (χ0v) is 13.3. The largest absolute Gasteiger partial charge is 0.352 e. The summed E-state index contributed by atoms with van der Waals surface area (Å²) in [7, 11) is 0. The first-order valence-electron chi connectivity index (χ1n) is 7.92. The molecule has 1 aromatic rings.